The van der Waals surface area contributed by atoms with Gasteiger partial charge in [-0.1, -0.05) is 52.4 Å². The molecule has 0 radical (unpaired) electrons. The molecule has 0 N–H and O–H groups in total. The smallest absolute Gasteiger partial charge is 0.340 e. The van der Waals surface area contributed by atoms with Crippen LogP contribution in [0.2, 0.25) is 0 Å². The second-order valence-corrected chi connectivity index (χ2v) is 12.9. The molecule has 0 heterocycles. The van der Waals surface area contributed by atoms with E-state index in [1.165, 1.54) is 0 Å². The average Bonchev–Trinajstić information content (AvgIpc) is 3.04. The van der Waals surface area contributed by atoms with Crippen LogP contribution in [0.25, 0.3) is 0 Å². The Labute approximate surface area is 263 Å². The summed E-state index contributed by atoms with van der Waals surface area (Å²) >= 11 is 0. The first kappa shape index (κ1) is 36.1. The van der Waals surface area contributed by atoms with Gasteiger partial charge in [-0.3, -0.25) is 0 Å². The maximum absolute atomic E-state index is 14.1. The van der Waals surface area contributed by atoms with Gasteiger partial charge in [-0.2, -0.15) is 0 Å². The monoisotopic (exact) mass is 622 g/mol. The second-order valence-electron chi connectivity index (χ2n) is 12.9. The number of alkyl halides is 2. The Hall–Kier alpha value is -2.38. The van der Waals surface area contributed by atoms with Gasteiger partial charge >= 0.3 is 11.9 Å². The summed E-state index contributed by atoms with van der Waals surface area (Å²) in [4.78, 5) is 24.2. The zero-order valence-corrected chi connectivity index (χ0v) is 27.1. The summed E-state index contributed by atoms with van der Waals surface area (Å²) in [5.41, 5.74) is 0. The van der Waals surface area contributed by atoms with Crippen molar-refractivity contribution >= 4 is 11.9 Å². The third-order valence-electron chi connectivity index (χ3n) is 9.08. The van der Waals surface area contributed by atoms with E-state index in [9.17, 15) is 18.4 Å². The zero-order valence-electron chi connectivity index (χ0n) is 27.1. The number of hydrogen-bond acceptors (Lipinski definition) is 6. The van der Waals surface area contributed by atoms with Gasteiger partial charge in [0.2, 0.25) is 0 Å². The minimum Gasteiger partial charge on any atom is -0.493 e. The number of esters is 2. The molecule has 1 aromatic carbocycles. The van der Waals surface area contributed by atoms with Crippen LogP contribution in [0.15, 0.2) is 24.3 Å². The number of halogens is 2. The highest BCUT2D eigenvalue weighted by molar-refractivity contribution is 5.75. The van der Waals surface area contributed by atoms with E-state index in [1.54, 1.807) is 0 Å². The standard InChI is InChI=1S/C36H56F2O6/c1-3-5-7-9-11-33(37)35(39)43-31-17-13-27(14-18-31)25-41-29-21-23-30(24-22-29)42-26-28-15-19-32(20-16-28)44-36(40)34(38)12-10-8-6-4-2/h21-24,27-28,31-34H,3-20,25-26H2,1-2H3/t27-,28-,31-,32-,33-,34-/m0/s1. The number of hydrogen-bond donors (Lipinski definition) is 0. The van der Waals surface area contributed by atoms with Crippen molar-refractivity contribution in [3.05, 3.63) is 24.3 Å². The van der Waals surface area contributed by atoms with Gasteiger partial charge in [0.05, 0.1) is 13.2 Å². The quantitative estimate of drug-likeness (QED) is 0.107. The summed E-state index contributed by atoms with van der Waals surface area (Å²) in [7, 11) is 0. The summed E-state index contributed by atoms with van der Waals surface area (Å²) in [6.45, 7) is 5.41. The first-order valence-corrected chi connectivity index (χ1v) is 17.4. The Bertz CT molecular complexity index is 850. The first-order chi connectivity index (χ1) is 21.4. The molecule has 0 spiro atoms. The zero-order chi connectivity index (χ0) is 31.6. The maximum Gasteiger partial charge on any atom is 0.340 e. The van der Waals surface area contributed by atoms with Gasteiger partial charge < -0.3 is 18.9 Å². The van der Waals surface area contributed by atoms with E-state index in [-0.39, 0.29) is 25.0 Å². The van der Waals surface area contributed by atoms with Crippen LogP contribution in [-0.4, -0.2) is 49.7 Å². The average molecular weight is 623 g/mol. The van der Waals surface area contributed by atoms with Crippen molar-refractivity contribution in [2.75, 3.05) is 13.2 Å². The fraction of sp³-hybridized carbons (Fsp3) is 0.778. The lowest BCUT2D eigenvalue weighted by atomic mass is 9.88. The molecule has 3 rings (SSSR count). The normalized spacial score (nSPS) is 23.4. The fourth-order valence-electron chi connectivity index (χ4n) is 6.11. The highest BCUT2D eigenvalue weighted by atomic mass is 19.1. The number of benzene rings is 1. The van der Waals surface area contributed by atoms with Crippen LogP contribution in [0.1, 0.15) is 129 Å². The third kappa shape index (κ3) is 13.7. The molecule has 2 fully saturated rings. The van der Waals surface area contributed by atoms with Gasteiger partial charge in [-0.05, 0) is 113 Å². The molecule has 1 aromatic rings. The molecule has 0 bridgehead atoms. The van der Waals surface area contributed by atoms with Crippen molar-refractivity contribution in [1.82, 2.24) is 0 Å². The van der Waals surface area contributed by atoms with Gasteiger partial charge in [-0.15, -0.1) is 0 Å². The molecule has 0 unspecified atom stereocenters. The van der Waals surface area contributed by atoms with E-state index in [2.05, 4.69) is 13.8 Å². The lowest BCUT2D eigenvalue weighted by molar-refractivity contribution is -0.158. The molecule has 8 heteroatoms. The summed E-state index contributed by atoms with van der Waals surface area (Å²) in [6, 6.07) is 7.65. The molecule has 2 atom stereocenters. The van der Waals surface area contributed by atoms with E-state index >= 15 is 0 Å². The lowest BCUT2D eigenvalue weighted by Crippen LogP contribution is -2.30. The summed E-state index contributed by atoms with van der Waals surface area (Å²) < 4.78 is 51.2. The van der Waals surface area contributed by atoms with E-state index in [0.717, 1.165) is 114 Å². The molecule has 0 amide bonds. The predicted octanol–water partition coefficient (Wildman–Crippen LogP) is 9.27. The van der Waals surface area contributed by atoms with Gasteiger partial charge in [0.25, 0.3) is 0 Å². The molecule has 0 saturated heterocycles. The summed E-state index contributed by atoms with van der Waals surface area (Å²) in [6.07, 6.45) is 11.3. The molecular formula is C36H56F2O6. The highest BCUT2D eigenvalue weighted by Crippen LogP contribution is 2.30. The largest absolute Gasteiger partial charge is 0.493 e. The highest BCUT2D eigenvalue weighted by Gasteiger charge is 2.29. The molecule has 250 valence electrons. The molecule has 0 aliphatic heterocycles. The predicted molar refractivity (Wildman–Crippen MR) is 168 cm³/mol. The van der Waals surface area contributed by atoms with Crippen molar-refractivity contribution in [2.24, 2.45) is 11.8 Å². The lowest BCUT2D eigenvalue weighted by Gasteiger charge is -2.29. The third-order valence-corrected chi connectivity index (χ3v) is 9.08. The van der Waals surface area contributed by atoms with Crippen molar-refractivity contribution in [3.63, 3.8) is 0 Å². The van der Waals surface area contributed by atoms with Gasteiger partial charge in [0.15, 0.2) is 12.3 Å². The number of carbonyl (C=O) groups excluding carboxylic acids is 2. The Morgan fingerprint density at radius 3 is 1.32 bits per heavy atom. The minimum absolute atomic E-state index is 0.193. The summed E-state index contributed by atoms with van der Waals surface area (Å²) in [5, 5.41) is 0. The van der Waals surface area contributed by atoms with E-state index in [0.29, 0.717) is 25.0 Å². The van der Waals surface area contributed by atoms with Crippen LogP contribution in [0, 0.1) is 11.8 Å². The fourth-order valence-corrected chi connectivity index (χ4v) is 6.11. The van der Waals surface area contributed by atoms with Crippen LogP contribution in [0.4, 0.5) is 8.78 Å². The van der Waals surface area contributed by atoms with E-state index in [4.69, 9.17) is 18.9 Å². The number of ether oxygens (including phenoxy) is 4. The molecule has 2 saturated carbocycles. The second kappa shape index (κ2) is 20.6. The Balaban J connectivity index is 1.24. The Morgan fingerprint density at radius 1 is 0.614 bits per heavy atom. The van der Waals surface area contributed by atoms with Crippen LogP contribution in [0.5, 0.6) is 11.5 Å². The molecule has 2 aliphatic rings. The minimum atomic E-state index is -1.51. The van der Waals surface area contributed by atoms with Crippen molar-refractivity contribution in [1.29, 1.82) is 0 Å². The molecular weight excluding hydrogens is 566 g/mol. The Kier molecular flexibility index (Phi) is 16.9. The van der Waals surface area contributed by atoms with Crippen LogP contribution < -0.4 is 9.47 Å². The van der Waals surface area contributed by atoms with Crippen molar-refractivity contribution in [2.45, 2.75) is 154 Å². The molecule has 6 nitrogen and oxygen atoms in total. The van der Waals surface area contributed by atoms with Gasteiger partial charge in [-0.25, -0.2) is 18.4 Å². The van der Waals surface area contributed by atoms with Gasteiger partial charge in [0.1, 0.15) is 23.7 Å². The van der Waals surface area contributed by atoms with Crippen molar-refractivity contribution in [3.8, 4) is 11.5 Å². The number of unbranched alkanes of at least 4 members (excludes halogenated alkanes) is 6. The first-order valence-electron chi connectivity index (χ1n) is 17.4. The SMILES string of the molecule is CCCCCC[C@H](F)C(=O)O[C@H]1CC[C@H](COc2ccc(OC[C@H]3CC[C@H](OC(=O)[C@@H](F)CCCCCC)CC3)cc2)CC1. The molecule has 44 heavy (non-hydrogen) atoms. The van der Waals surface area contributed by atoms with Crippen molar-refractivity contribution < 1.29 is 37.3 Å². The van der Waals surface area contributed by atoms with Crippen LogP contribution in [0.3, 0.4) is 0 Å². The molecule has 0 aromatic heterocycles. The van der Waals surface area contributed by atoms with E-state index in [1.807, 2.05) is 24.3 Å². The van der Waals surface area contributed by atoms with E-state index < -0.39 is 24.3 Å². The summed E-state index contributed by atoms with van der Waals surface area (Å²) in [5.74, 6) is 0.939. The topological polar surface area (TPSA) is 71.1 Å². The van der Waals surface area contributed by atoms with Crippen LogP contribution >= 0.6 is 0 Å². The number of rotatable bonds is 20. The molecule has 2 aliphatic carbocycles. The number of carbonyl (C=O) groups is 2. The Morgan fingerprint density at radius 2 is 0.977 bits per heavy atom. The van der Waals surface area contributed by atoms with Crippen LogP contribution in [-0.2, 0) is 19.1 Å². The maximum atomic E-state index is 14.1. The van der Waals surface area contributed by atoms with Gasteiger partial charge in [0, 0.05) is 0 Å².